The molecule has 0 nitrogen and oxygen atoms in total. The topological polar surface area (TPSA) is 0 Å². The van der Waals surface area contributed by atoms with Crippen LogP contribution < -0.4 is 0 Å². The molecule has 0 bridgehead atoms. The summed E-state index contributed by atoms with van der Waals surface area (Å²) in [5.41, 5.74) is 0. The van der Waals surface area contributed by atoms with Crippen molar-refractivity contribution in [2.75, 3.05) is 12.8 Å². The Morgan fingerprint density at radius 3 is 2.00 bits per heavy atom. The quantitative estimate of drug-likeness (QED) is 0.599. The second kappa shape index (κ2) is 4.88. The van der Waals surface area contributed by atoms with Gasteiger partial charge in [0, 0.05) is 0 Å². The Morgan fingerprint density at radius 1 is 1.14 bits per heavy atom. The lowest BCUT2D eigenvalue weighted by atomic mass is 9.77. The van der Waals surface area contributed by atoms with Gasteiger partial charge in [0.2, 0.25) is 0 Å². The molecule has 1 fully saturated rings. The molecular weight excluding hydrogens is 201 g/mol. The van der Waals surface area contributed by atoms with E-state index in [1.807, 2.05) is 0 Å². The van der Waals surface area contributed by atoms with Crippen molar-refractivity contribution in [1.29, 1.82) is 0 Å². The fraction of sp³-hybridized carbons (Fsp3) is 1.00. The molecule has 0 amide bonds. The predicted molar refractivity (Wildman–Crippen MR) is 60.2 cm³/mol. The van der Waals surface area contributed by atoms with E-state index in [4.69, 9.17) is 0 Å². The van der Waals surface area contributed by atoms with Crippen LogP contribution in [0.1, 0.15) is 39.5 Å². The van der Waals surface area contributed by atoms with Crippen LogP contribution in [0.25, 0.3) is 0 Å². The van der Waals surface area contributed by atoms with Crippen molar-refractivity contribution < 1.29 is 8.39 Å². The lowest BCUT2D eigenvalue weighted by Crippen LogP contribution is -2.20. The second-order valence-electron chi connectivity index (χ2n) is 5.16. The van der Waals surface area contributed by atoms with E-state index in [-0.39, 0.29) is 6.16 Å². The summed E-state index contributed by atoms with van der Waals surface area (Å²) in [6, 6.07) is 0. The van der Waals surface area contributed by atoms with E-state index in [9.17, 15) is 8.39 Å². The summed E-state index contributed by atoms with van der Waals surface area (Å²) in [5.74, 6) is 1.83. The molecule has 0 aromatic carbocycles. The van der Waals surface area contributed by atoms with Crippen LogP contribution in [0.5, 0.6) is 0 Å². The van der Waals surface area contributed by atoms with E-state index in [0.717, 1.165) is 31.3 Å². The molecule has 1 rings (SSSR count). The zero-order chi connectivity index (χ0) is 10.8. The molecule has 0 aromatic rings. The molecule has 0 atom stereocenters. The number of halogens is 2. The third-order valence-electron chi connectivity index (χ3n) is 3.41. The molecular formula is C11H22F2P+. The Morgan fingerprint density at radius 2 is 1.64 bits per heavy atom. The summed E-state index contributed by atoms with van der Waals surface area (Å²) in [7, 11) is -3.53. The maximum Gasteiger partial charge on any atom is 0.385 e. The molecule has 0 saturated heterocycles. The van der Waals surface area contributed by atoms with Gasteiger partial charge in [-0.15, -0.1) is 0 Å². The molecule has 0 radical (unpaired) electrons. The third-order valence-corrected chi connectivity index (χ3v) is 4.57. The van der Waals surface area contributed by atoms with Gasteiger partial charge in [-0.05, 0) is 51.8 Å². The molecule has 0 aromatic heterocycles. The highest BCUT2D eigenvalue weighted by molar-refractivity contribution is 7.64. The molecule has 84 valence electrons. The molecule has 1 aliphatic carbocycles. The molecule has 0 unspecified atom stereocenters. The Kier molecular flexibility index (Phi) is 4.30. The Balaban J connectivity index is 2.29. The van der Waals surface area contributed by atoms with Gasteiger partial charge in [0.1, 0.15) is 12.8 Å². The minimum atomic E-state index is -3.53. The highest BCUT2D eigenvalue weighted by Gasteiger charge is 2.38. The fourth-order valence-corrected chi connectivity index (χ4v) is 3.76. The summed E-state index contributed by atoms with van der Waals surface area (Å²) in [6.07, 6.45) is 4.61. The van der Waals surface area contributed by atoms with Crippen molar-refractivity contribution in [2.24, 2.45) is 17.8 Å². The van der Waals surface area contributed by atoms with Crippen molar-refractivity contribution in [2.45, 2.75) is 39.5 Å². The van der Waals surface area contributed by atoms with Crippen molar-refractivity contribution in [3.05, 3.63) is 0 Å². The largest absolute Gasteiger partial charge is 0.385 e. The SMILES string of the molecule is CC(C)C1CCC(C[P+](C)(F)F)CC1. The maximum absolute atomic E-state index is 12.9. The highest BCUT2D eigenvalue weighted by Crippen LogP contribution is 2.61. The van der Waals surface area contributed by atoms with Crippen LogP contribution in [-0.4, -0.2) is 12.8 Å². The normalized spacial score (nSPS) is 29.6. The van der Waals surface area contributed by atoms with Crippen molar-refractivity contribution >= 4 is 7.88 Å². The van der Waals surface area contributed by atoms with Crippen LogP contribution in [0, 0.1) is 17.8 Å². The molecule has 0 heterocycles. The average Bonchev–Trinajstić information content (AvgIpc) is 2.02. The minimum absolute atomic E-state index is 0.206. The molecule has 0 aliphatic heterocycles. The van der Waals surface area contributed by atoms with Crippen molar-refractivity contribution in [3.8, 4) is 0 Å². The second-order valence-corrected chi connectivity index (χ2v) is 7.44. The molecule has 1 saturated carbocycles. The molecule has 0 spiro atoms. The van der Waals surface area contributed by atoms with Crippen LogP contribution >= 0.6 is 7.88 Å². The van der Waals surface area contributed by atoms with Gasteiger partial charge in [-0.25, -0.2) is 0 Å². The van der Waals surface area contributed by atoms with Crippen LogP contribution in [-0.2, 0) is 0 Å². The first-order chi connectivity index (χ1) is 6.38. The van der Waals surface area contributed by atoms with Gasteiger partial charge in [0.25, 0.3) is 0 Å². The van der Waals surface area contributed by atoms with E-state index < -0.39 is 7.88 Å². The van der Waals surface area contributed by atoms with Gasteiger partial charge < -0.3 is 0 Å². The minimum Gasteiger partial charge on any atom is -0.0625 e. The first-order valence-corrected chi connectivity index (χ1v) is 7.83. The summed E-state index contributed by atoms with van der Waals surface area (Å²) in [6.45, 7) is 5.64. The Labute approximate surface area is 87.0 Å². The van der Waals surface area contributed by atoms with E-state index in [0.29, 0.717) is 5.92 Å². The maximum atomic E-state index is 12.9. The lowest BCUT2D eigenvalue weighted by molar-refractivity contribution is 0.234. The summed E-state index contributed by atoms with van der Waals surface area (Å²) >= 11 is 0. The van der Waals surface area contributed by atoms with Gasteiger partial charge in [-0.2, -0.15) is 0 Å². The fourth-order valence-electron chi connectivity index (χ4n) is 2.49. The molecule has 3 heteroatoms. The van der Waals surface area contributed by atoms with Gasteiger partial charge in [0.15, 0.2) is 0 Å². The first-order valence-electron chi connectivity index (χ1n) is 5.63. The summed E-state index contributed by atoms with van der Waals surface area (Å²) < 4.78 is 25.7. The van der Waals surface area contributed by atoms with Gasteiger partial charge >= 0.3 is 7.88 Å². The van der Waals surface area contributed by atoms with E-state index >= 15 is 0 Å². The number of hydrogen-bond donors (Lipinski definition) is 0. The Bertz CT molecular complexity index is 167. The van der Waals surface area contributed by atoms with Crippen LogP contribution in [0.15, 0.2) is 0 Å². The van der Waals surface area contributed by atoms with E-state index in [1.165, 1.54) is 12.8 Å². The van der Waals surface area contributed by atoms with Crippen LogP contribution in [0.3, 0.4) is 0 Å². The molecule has 0 N–H and O–H groups in total. The summed E-state index contributed by atoms with van der Waals surface area (Å²) in [4.78, 5) is 0. The number of hydrogen-bond acceptors (Lipinski definition) is 0. The van der Waals surface area contributed by atoms with E-state index in [1.54, 1.807) is 0 Å². The summed E-state index contributed by atoms with van der Waals surface area (Å²) in [5, 5.41) is 0. The van der Waals surface area contributed by atoms with Crippen molar-refractivity contribution in [3.63, 3.8) is 0 Å². The highest BCUT2D eigenvalue weighted by atomic mass is 31.2. The van der Waals surface area contributed by atoms with Gasteiger partial charge in [-0.3, -0.25) is 0 Å². The third kappa shape index (κ3) is 4.21. The van der Waals surface area contributed by atoms with E-state index in [2.05, 4.69) is 13.8 Å². The van der Waals surface area contributed by atoms with Gasteiger partial charge in [-0.1, -0.05) is 13.8 Å². The first kappa shape index (κ1) is 12.4. The van der Waals surface area contributed by atoms with Crippen LogP contribution in [0.4, 0.5) is 8.39 Å². The van der Waals surface area contributed by atoms with Crippen LogP contribution in [0.2, 0.25) is 0 Å². The standard InChI is InChI=1S/C11H22F2P/c1-9(2)11-6-4-10(5-7-11)8-14(3,12)13/h9-11H,4-8H2,1-3H3/q+1. The smallest absolute Gasteiger partial charge is 0.0625 e. The Hall–Kier alpha value is 0.290. The zero-order valence-corrected chi connectivity index (χ0v) is 10.4. The number of rotatable bonds is 3. The molecule has 1 aliphatic rings. The zero-order valence-electron chi connectivity index (χ0n) is 9.47. The lowest BCUT2D eigenvalue weighted by Gasteiger charge is -2.29. The predicted octanol–water partition coefficient (Wildman–Crippen LogP) is 4.87. The van der Waals surface area contributed by atoms with Gasteiger partial charge in [0.05, 0.1) is 0 Å². The van der Waals surface area contributed by atoms with Crippen molar-refractivity contribution in [1.82, 2.24) is 0 Å². The monoisotopic (exact) mass is 223 g/mol. The molecule has 14 heavy (non-hydrogen) atoms. The average molecular weight is 223 g/mol.